The third-order valence-corrected chi connectivity index (χ3v) is 1.45. The number of carbonyl (C=O) groups is 1. The van der Waals surface area contributed by atoms with Crippen LogP contribution in [0.4, 0.5) is 0 Å². The van der Waals surface area contributed by atoms with Crippen LogP contribution in [0.3, 0.4) is 0 Å². The number of carbonyl (C=O) groups excluding carboxylic acids is 1. The summed E-state index contributed by atoms with van der Waals surface area (Å²) in [5.41, 5.74) is 0. The van der Waals surface area contributed by atoms with Crippen molar-refractivity contribution in [3.05, 3.63) is 12.3 Å². The van der Waals surface area contributed by atoms with Crippen molar-refractivity contribution in [2.75, 3.05) is 14.2 Å². The Labute approximate surface area is 93.8 Å². The molecular formula is C7H11NaO4. The van der Waals surface area contributed by atoms with Crippen molar-refractivity contribution in [2.24, 2.45) is 0 Å². The molecule has 0 atom stereocenters. The normalized spacial score (nSPS) is 11.2. The minimum absolute atomic E-state index is 0. The van der Waals surface area contributed by atoms with E-state index in [1.54, 1.807) is 0 Å². The smallest absolute Gasteiger partial charge is 0.878 e. The molecule has 0 fully saturated rings. The largest absolute Gasteiger partial charge is 1.00 e. The predicted octanol–water partition coefficient (Wildman–Crippen LogP) is -3.56. The van der Waals surface area contributed by atoms with Crippen molar-refractivity contribution in [1.29, 1.82) is 0 Å². The van der Waals surface area contributed by atoms with E-state index in [2.05, 4.69) is 0 Å². The molecule has 0 saturated heterocycles. The molecular weight excluding hydrogens is 171 g/mol. The first-order chi connectivity index (χ1) is 5.10. The topological polar surface area (TPSA) is 58.6 Å². The van der Waals surface area contributed by atoms with Crippen LogP contribution in [0.5, 0.6) is 0 Å². The van der Waals surface area contributed by atoms with Gasteiger partial charge in [0.2, 0.25) is 11.6 Å². The standard InChI is InChI=1S/C7H12O4.Na/c1-7(10-2,11-3)6(9)4-5-8;/h4-5,8H,1-3H3;/q;+1/p-1/b5-4+;. The second kappa shape index (κ2) is 6.62. The molecule has 0 unspecified atom stereocenters. The van der Waals surface area contributed by atoms with E-state index >= 15 is 0 Å². The Morgan fingerprint density at radius 3 is 2.08 bits per heavy atom. The van der Waals surface area contributed by atoms with Crippen molar-refractivity contribution >= 4 is 5.78 Å². The van der Waals surface area contributed by atoms with Crippen molar-refractivity contribution in [1.82, 2.24) is 0 Å². The third kappa shape index (κ3) is 3.69. The summed E-state index contributed by atoms with van der Waals surface area (Å²) in [5.74, 6) is -1.83. The summed E-state index contributed by atoms with van der Waals surface area (Å²) < 4.78 is 9.48. The maximum absolute atomic E-state index is 11.0. The molecule has 0 aliphatic heterocycles. The van der Waals surface area contributed by atoms with E-state index in [1.165, 1.54) is 21.1 Å². The number of ether oxygens (including phenoxy) is 2. The molecule has 0 aliphatic carbocycles. The van der Waals surface area contributed by atoms with Gasteiger partial charge in [-0.1, -0.05) is 0 Å². The summed E-state index contributed by atoms with van der Waals surface area (Å²) >= 11 is 0. The van der Waals surface area contributed by atoms with Crippen LogP contribution in [0, 0.1) is 0 Å². The van der Waals surface area contributed by atoms with E-state index in [1.807, 2.05) is 0 Å². The van der Waals surface area contributed by atoms with Crippen LogP contribution in [-0.2, 0) is 14.3 Å². The van der Waals surface area contributed by atoms with Crippen LogP contribution in [-0.4, -0.2) is 25.8 Å². The van der Waals surface area contributed by atoms with Gasteiger partial charge in [-0.15, -0.1) is 6.26 Å². The average molecular weight is 182 g/mol. The molecule has 0 amide bonds. The molecule has 0 aromatic heterocycles. The summed E-state index contributed by atoms with van der Waals surface area (Å²) in [5, 5.41) is 9.91. The Morgan fingerprint density at radius 2 is 1.83 bits per heavy atom. The molecule has 0 saturated carbocycles. The zero-order chi connectivity index (χ0) is 8.91. The second-order valence-electron chi connectivity index (χ2n) is 2.02. The van der Waals surface area contributed by atoms with E-state index in [4.69, 9.17) is 9.47 Å². The Balaban J connectivity index is 0. The molecule has 5 heteroatoms. The maximum Gasteiger partial charge on any atom is 1.00 e. The van der Waals surface area contributed by atoms with Gasteiger partial charge in [-0.2, -0.15) is 0 Å². The molecule has 64 valence electrons. The molecule has 0 N–H and O–H groups in total. The number of hydrogen-bond donors (Lipinski definition) is 0. The predicted molar refractivity (Wildman–Crippen MR) is 36.6 cm³/mol. The molecule has 0 spiro atoms. The number of ketones is 1. The van der Waals surface area contributed by atoms with Crippen molar-refractivity contribution in [2.45, 2.75) is 12.7 Å². The third-order valence-electron chi connectivity index (χ3n) is 1.45. The van der Waals surface area contributed by atoms with Gasteiger partial charge < -0.3 is 14.6 Å². The SMILES string of the molecule is COC(C)(OC)C(=O)/C=C/[O-].[Na+]. The Kier molecular flexibility index (Phi) is 8.08. The van der Waals surface area contributed by atoms with Gasteiger partial charge in [-0.25, -0.2) is 0 Å². The number of hydrogen-bond acceptors (Lipinski definition) is 4. The van der Waals surface area contributed by atoms with Crippen LogP contribution >= 0.6 is 0 Å². The van der Waals surface area contributed by atoms with E-state index in [0.29, 0.717) is 6.26 Å². The first-order valence-corrected chi connectivity index (χ1v) is 3.04. The van der Waals surface area contributed by atoms with Gasteiger partial charge in [0.25, 0.3) is 0 Å². The molecule has 0 bridgehead atoms. The molecule has 0 aromatic rings. The molecule has 0 radical (unpaired) electrons. The fourth-order valence-corrected chi connectivity index (χ4v) is 0.498. The molecule has 12 heavy (non-hydrogen) atoms. The van der Waals surface area contributed by atoms with E-state index < -0.39 is 11.6 Å². The van der Waals surface area contributed by atoms with Crippen LogP contribution in [0.25, 0.3) is 0 Å². The summed E-state index contributed by atoms with van der Waals surface area (Å²) in [7, 11) is 2.67. The summed E-state index contributed by atoms with van der Waals surface area (Å²) in [6.45, 7) is 1.44. The first-order valence-electron chi connectivity index (χ1n) is 3.04. The second-order valence-corrected chi connectivity index (χ2v) is 2.02. The van der Waals surface area contributed by atoms with Crippen LogP contribution in [0.2, 0.25) is 0 Å². The van der Waals surface area contributed by atoms with Crippen molar-refractivity contribution in [3.8, 4) is 0 Å². The van der Waals surface area contributed by atoms with Gasteiger partial charge >= 0.3 is 29.6 Å². The van der Waals surface area contributed by atoms with Gasteiger partial charge in [0.15, 0.2) is 0 Å². The van der Waals surface area contributed by atoms with E-state index in [-0.39, 0.29) is 29.6 Å². The van der Waals surface area contributed by atoms with Crippen molar-refractivity contribution in [3.63, 3.8) is 0 Å². The quantitative estimate of drug-likeness (QED) is 0.195. The van der Waals surface area contributed by atoms with Crippen LogP contribution < -0.4 is 34.7 Å². The number of methoxy groups -OCH3 is 2. The van der Waals surface area contributed by atoms with Crippen LogP contribution in [0.1, 0.15) is 6.92 Å². The van der Waals surface area contributed by atoms with Crippen LogP contribution in [0.15, 0.2) is 12.3 Å². The van der Waals surface area contributed by atoms with Gasteiger partial charge in [0, 0.05) is 14.2 Å². The van der Waals surface area contributed by atoms with Gasteiger partial charge in [-0.05, 0) is 13.0 Å². The molecule has 0 aromatic carbocycles. The first kappa shape index (κ1) is 14.6. The molecule has 4 nitrogen and oxygen atoms in total. The summed E-state index contributed by atoms with van der Waals surface area (Å²) in [4.78, 5) is 11.0. The van der Waals surface area contributed by atoms with Crippen molar-refractivity contribution < 1.29 is 48.9 Å². The van der Waals surface area contributed by atoms with Gasteiger partial charge in [0.1, 0.15) is 0 Å². The van der Waals surface area contributed by atoms with E-state index in [9.17, 15) is 9.90 Å². The minimum Gasteiger partial charge on any atom is -0.878 e. The van der Waals surface area contributed by atoms with E-state index in [0.717, 1.165) is 6.08 Å². The average Bonchev–Trinajstić information content (AvgIpc) is 2.03. The maximum atomic E-state index is 11.0. The van der Waals surface area contributed by atoms with Gasteiger partial charge in [0.05, 0.1) is 0 Å². The van der Waals surface area contributed by atoms with Gasteiger partial charge in [-0.3, -0.25) is 4.79 Å². The summed E-state index contributed by atoms with van der Waals surface area (Å²) in [6.07, 6.45) is 1.27. The zero-order valence-corrected chi connectivity index (χ0v) is 9.79. The Hall–Kier alpha value is 0.130. The number of rotatable bonds is 4. The molecule has 0 heterocycles. The Bertz CT molecular complexity index is 163. The minimum atomic E-state index is -1.33. The monoisotopic (exact) mass is 182 g/mol. The fourth-order valence-electron chi connectivity index (χ4n) is 0.498. The fraction of sp³-hybridized carbons (Fsp3) is 0.571. The summed E-state index contributed by atoms with van der Waals surface area (Å²) in [6, 6.07) is 0. The molecule has 0 rings (SSSR count). The zero-order valence-electron chi connectivity index (χ0n) is 7.79. The molecule has 0 aliphatic rings. The Morgan fingerprint density at radius 1 is 1.42 bits per heavy atom.